The van der Waals surface area contributed by atoms with E-state index in [4.69, 9.17) is 32.8 Å². The summed E-state index contributed by atoms with van der Waals surface area (Å²) >= 11 is 0. The Bertz CT molecular complexity index is 1850. The van der Waals surface area contributed by atoms with Gasteiger partial charge in [-0.2, -0.15) is 0 Å². The molecule has 298 valence electrons. The molecule has 13 N–H and O–H groups in total. The van der Waals surface area contributed by atoms with Gasteiger partial charge < -0.3 is 99.2 Å². The molecular formula is C33H40O21. The normalized spacial score (nSPS) is 37.3. The van der Waals surface area contributed by atoms with E-state index in [1.165, 1.54) is 13.0 Å². The van der Waals surface area contributed by atoms with E-state index in [-0.39, 0.29) is 11.1 Å². The Labute approximate surface area is 303 Å². The maximum atomic E-state index is 14.1. The molecule has 3 aromatic rings. The first kappa shape index (κ1) is 39.8. The van der Waals surface area contributed by atoms with Crippen LogP contribution in [0.5, 0.6) is 28.7 Å². The van der Waals surface area contributed by atoms with Crippen molar-refractivity contribution >= 4 is 11.0 Å². The van der Waals surface area contributed by atoms with E-state index in [2.05, 4.69) is 0 Å². The van der Waals surface area contributed by atoms with Crippen LogP contribution in [0.25, 0.3) is 22.3 Å². The van der Waals surface area contributed by atoms with Crippen molar-refractivity contribution in [1.82, 2.24) is 0 Å². The first-order valence-corrected chi connectivity index (χ1v) is 16.5. The number of aliphatic hydroxyl groups excluding tert-OH is 9. The largest absolute Gasteiger partial charge is 0.508 e. The molecule has 21 nitrogen and oxygen atoms in total. The second-order valence-corrected chi connectivity index (χ2v) is 13.1. The van der Waals surface area contributed by atoms with E-state index in [1.54, 1.807) is 0 Å². The van der Waals surface area contributed by atoms with Crippen LogP contribution < -0.4 is 10.2 Å². The van der Waals surface area contributed by atoms with Gasteiger partial charge in [-0.1, -0.05) is 0 Å². The molecule has 0 aliphatic carbocycles. The van der Waals surface area contributed by atoms with E-state index in [0.29, 0.717) is 0 Å². The predicted molar refractivity (Wildman–Crippen MR) is 173 cm³/mol. The fourth-order valence-corrected chi connectivity index (χ4v) is 6.30. The first-order chi connectivity index (χ1) is 25.5. The van der Waals surface area contributed by atoms with Crippen molar-refractivity contribution in [3.8, 4) is 40.1 Å². The minimum atomic E-state index is -2.10. The Morgan fingerprint density at radius 2 is 1.31 bits per heavy atom. The molecule has 6 rings (SSSR count). The molecule has 0 radical (unpaired) electrons. The molecule has 15 atom stereocenters. The van der Waals surface area contributed by atoms with Crippen LogP contribution in [0.15, 0.2) is 39.5 Å². The molecule has 0 amide bonds. The highest BCUT2D eigenvalue weighted by atomic mass is 16.8. The molecule has 3 fully saturated rings. The third-order valence-electron chi connectivity index (χ3n) is 9.41. The molecular weight excluding hydrogens is 732 g/mol. The second kappa shape index (κ2) is 15.7. The van der Waals surface area contributed by atoms with Crippen LogP contribution in [0, 0.1) is 0 Å². The van der Waals surface area contributed by atoms with Crippen molar-refractivity contribution in [2.24, 2.45) is 0 Å². The number of fused-ring (bicyclic) bond motifs is 1. The summed E-state index contributed by atoms with van der Waals surface area (Å²) in [7, 11) is 0. The maximum Gasteiger partial charge on any atom is 0.239 e. The fourth-order valence-electron chi connectivity index (χ4n) is 6.30. The van der Waals surface area contributed by atoms with Gasteiger partial charge in [0.1, 0.15) is 83.5 Å². The SMILES string of the molecule is C[C@H]1O[C@@H](OC[C@@H]2O[C@@H](Oc3c(-c4ccc(O)c(O)c4)oc4cc(O)cc(O)c4c3=O)[C@@H](O[C@@H]3O[C@H](CO)[C@@H](O)[C@H](O)[C@H]3O)[C@@H](O)[C@H]2O)[C@@H](O)[C@H](O)[C@H]1O. The molecule has 4 heterocycles. The van der Waals surface area contributed by atoms with Gasteiger partial charge in [-0.15, -0.1) is 0 Å². The monoisotopic (exact) mass is 772 g/mol. The lowest BCUT2D eigenvalue weighted by Crippen LogP contribution is -2.65. The quantitative estimate of drug-likeness (QED) is 0.0925. The van der Waals surface area contributed by atoms with Gasteiger partial charge >= 0.3 is 0 Å². The molecule has 0 unspecified atom stereocenters. The van der Waals surface area contributed by atoms with Gasteiger partial charge in [-0.3, -0.25) is 4.79 Å². The highest BCUT2D eigenvalue weighted by Gasteiger charge is 2.52. The van der Waals surface area contributed by atoms with Gasteiger partial charge in [0.05, 0.1) is 19.3 Å². The van der Waals surface area contributed by atoms with Crippen LogP contribution in [0.2, 0.25) is 0 Å². The van der Waals surface area contributed by atoms with E-state index in [0.717, 1.165) is 24.3 Å². The summed E-state index contributed by atoms with van der Waals surface area (Å²) in [6.07, 6.45) is -26.6. The molecule has 21 heteroatoms. The van der Waals surface area contributed by atoms with Gasteiger partial charge in [-0.25, -0.2) is 0 Å². The zero-order chi connectivity index (χ0) is 39.3. The Balaban J connectivity index is 1.40. The van der Waals surface area contributed by atoms with Crippen LogP contribution in [-0.4, -0.2) is 172 Å². The van der Waals surface area contributed by atoms with Gasteiger partial charge in [0.25, 0.3) is 0 Å². The van der Waals surface area contributed by atoms with E-state index in [1.807, 2.05) is 0 Å². The third kappa shape index (κ3) is 7.39. The average Bonchev–Trinajstić information content (AvgIpc) is 3.13. The average molecular weight is 773 g/mol. The first-order valence-electron chi connectivity index (χ1n) is 16.5. The van der Waals surface area contributed by atoms with Crippen LogP contribution in [0.1, 0.15) is 6.92 Å². The topological polar surface area (TPSA) is 349 Å². The van der Waals surface area contributed by atoms with E-state index >= 15 is 0 Å². The number of aliphatic hydroxyl groups is 9. The minimum absolute atomic E-state index is 0.122. The Kier molecular flexibility index (Phi) is 11.5. The van der Waals surface area contributed by atoms with Crippen molar-refractivity contribution < 1.29 is 99.2 Å². The van der Waals surface area contributed by atoms with Crippen LogP contribution >= 0.6 is 0 Å². The molecule has 3 aliphatic rings. The molecule has 0 bridgehead atoms. The van der Waals surface area contributed by atoms with Crippen molar-refractivity contribution in [2.45, 2.75) is 99.0 Å². The van der Waals surface area contributed by atoms with Crippen molar-refractivity contribution in [3.05, 3.63) is 40.6 Å². The number of hydrogen-bond acceptors (Lipinski definition) is 21. The lowest BCUT2D eigenvalue weighted by atomic mass is 9.97. The van der Waals surface area contributed by atoms with E-state index < -0.39 is 151 Å². The minimum Gasteiger partial charge on any atom is -0.508 e. The fraction of sp³-hybridized carbons (Fsp3) is 0.545. The molecule has 0 spiro atoms. The smallest absolute Gasteiger partial charge is 0.239 e. The highest BCUT2D eigenvalue weighted by Crippen LogP contribution is 2.40. The molecule has 1 aromatic heterocycles. The van der Waals surface area contributed by atoms with Gasteiger partial charge in [0.2, 0.25) is 17.5 Å². The lowest BCUT2D eigenvalue weighted by molar-refractivity contribution is -0.362. The number of phenolic OH excluding ortho intramolecular Hbond substituents is 4. The number of phenols is 4. The molecule has 54 heavy (non-hydrogen) atoms. The standard InChI is InChI=1S/C33H40O21/c1-9-19(39)23(43)26(46)31(49-9)48-8-17-21(41)25(45)30(54-32-27(47)24(44)20(40)16(7-34)51-32)33(52-17)53-29-22(42)18-14(38)5-11(35)6-15(18)50-28(29)10-2-3-12(36)13(37)4-10/h2-6,9,16-17,19-21,23-27,30-41,43-47H,7-8H2,1H3/t9-,16-,17+,19+,20-,21+,23-,24+,25+,26+,27-,30+,31-,32+,33+/m1/s1. The lowest BCUT2D eigenvalue weighted by Gasteiger charge is -2.46. The number of hydrogen-bond donors (Lipinski definition) is 13. The second-order valence-electron chi connectivity index (χ2n) is 13.1. The predicted octanol–water partition coefficient (Wildman–Crippen LogP) is -3.86. The number of ether oxygens (including phenoxy) is 6. The number of rotatable bonds is 9. The molecule has 3 aliphatic heterocycles. The zero-order valence-corrected chi connectivity index (χ0v) is 28.0. The molecule has 0 saturated carbocycles. The van der Waals surface area contributed by atoms with Crippen LogP contribution in [0.3, 0.4) is 0 Å². The van der Waals surface area contributed by atoms with Crippen molar-refractivity contribution in [3.63, 3.8) is 0 Å². The highest BCUT2D eigenvalue weighted by molar-refractivity contribution is 5.88. The van der Waals surface area contributed by atoms with Crippen molar-refractivity contribution in [2.75, 3.05) is 13.2 Å². The summed E-state index contributed by atoms with van der Waals surface area (Å²) < 4.78 is 39.8. The van der Waals surface area contributed by atoms with Crippen LogP contribution in [-0.2, 0) is 23.7 Å². The van der Waals surface area contributed by atoms with Gasteiger partial charge in [0.15, 0.2) is 35.9 Å². The number of aromatic hydroxyl groups is 4. The van der Waals surface area contributed by atoms with Crippen molar-refractivity contribution in [1.29, 1.82) is 0 Å². The summed E-state index contributed by atoms with van der Waals surface area (Å²) in [6, 6.07) is 5.00. The van der Waals surface area contributed by atoms with Crippen LogP contribution in [0.4, 0.5) is 0 Å². The summed E-state index contributed by atoms with van der Waals surface area (Å²) in [6.45, 7) is -0.209. The summed E-state index contributed by atoms with van der Waals surface area (Å²) in [5.41, 5.74) is -1.62. The summed E-state index contributed by atoms with van der Waals surface area (Å²) in [5.74, 6) is -3.82. The zero-order valence-electron chi connectivity index (χ0n) is 28.0. The Hall–Kier alpha value is -3.91. The Morgan fingerprint density at radius 3 is 2.00 bits per heavy atom. The third-order valence-corrected chi connectivity index (χ3v) is 9.41. The molecule has 3 saturated heterocycles. The summed E-state index contributed by atoms with van der Waals surface area (Å²) in [4.78, 5) is 14.1. The van der Waals surface area contributed by atoms with E-state index in [9.17, 15) is 71.2 Å². The molecule has 2 aromatic carbocycles. The van der Waals surface area contributed by atoms with Gasteiger partial charge in [0, 0.05) is 17.7 Å². The maximum absolute atomic E-state index is 14.1. The number of benzene rings is 2. The Morgan fingerprint density at radius 1 is 0.667 bits per heavy atom. The summed E-state index contributed by atoms with van der Waals surface area (Å²) in [5, 5.41) is 135. The van der Waals surface area contributed by atoms with Gasteiger partial charge in [-0.05, 0) is 25.1 Å².